The molecule has 0 aliphatic rings. The van der Waals surface area contributed by atoms with E-state index >= 15 is 0 Å². The van der Waals surface area contributed by atoms with Gasteiger partial charge < -0.3 is 19.7 Å². The van der Waals surface area contributed by atoms with Gasteiger partial charge in [0.15, 0.2) is 11.5 Å². The fraction of sp³-hybridized carbons (Fsp3) is 0.571. The first-order chi connectivity index (χ1) is 8.69. The van der Waals surface area contributed by atoms with Gasteiger partial charge >= 0.3 is 0 Å². The maximum absolute atomic E-state index is 9.49. The summed E-state index contributed by atoms with van der Waals surface area (Å²) in [6.07, 6.45) is 2.14. The monoisotopic (exact) mass is 254 g/mol. The van der Waals surface area contributed by atoms with Crippen molar-refractivity contribution in [1.82, 2.24) is 0 Å². The number of hydrogen-bond acceptors (Lipinski definition) is 4. The molecular weight excluding hydrogens is 232 g/mol. The Labute approximate surface area is 108 Å². The smallest absolute Gasteiger partial charge is 0.161 e. The molecule has 1 atom stereocenters. The Bertz CT molecular complexity index is 350. The predicted molar refractivity (Wildman–Crippen MR) is 70.1 cm³/mol. The van der Waals surface area contributed by atoms with Crippen molar-refractivity contribution >= 4 is 0 Å². The molecule has 0 aromatic heterocycles. The molecule has 1 rings (SSSR count). The standard InChI is InChI=1S/C14H22O4/c1-11(16)12-6-7-13(14(10-12)17-2)18-9-5-3-4-8-15/h6-7,10-11,15-16H,3-5,8-9H2,1-2H3/t11-/m0/s1. The third kappa shape index (κ3) is 4.55. The van der Waals surface area contributed by atoms with Crippen LogP contribution in [0.25, 0.3) is 0 Å². The van der Waals surface area contributed by atoms with E-state index in [4.69, 9.17) is 14.6 Å². The highest BCUT2D eigenvalue weighted by Crippen LogP contribution is 2.30. The molecule has 0 radical (unpaired) electrons. The zero-order chi connectivity index (χ0) is 13.4. The summed E-state index contributed by atoms with van der Waals surface area (Å²) in [6, 6.07) is 5.43. The number of hydrogen-bond donors (Lipinski definition) is 2. The number of ether oxygens (including phenoxy) is 2. The molecule has 0 spiro atoms. The Kier molecular flexibility index (Phi) is 6.54. The Morgan fingerprint density at radius 1 is 1.17 bits per heavy atom. The minimum Gasteiger partial charge on any atom is -0.493 e. The molecule has 0 aliphatic heterocycles. The van der Waals surface area contributed by atoms with Crippen LogP contribution in [0.15, 0.2) is 18.2 Å². The molecule has 0 amide bonds. The fourth-order valence-corrected chi connectivity index (χ4v) is 1.64. The maximum Gasteiger partial charge on any atom is 0.161 e. The van der Waals surface area contributed by atoms with Crippen molar-refractivity contribution in [3.8, 4) is 11.5 Å². The first-order valence-corrected chi connectivity index (χ1v) is 6.28. The van der Waals surface area contributed by atoms with Crippen molar-refractivity contribution in [2.45, 2.75) is 32.3 Å². The van der Waals surface area contributed by atoms with Gasteiger partial charge in [-0.05, 0) is 43.9 Å². The lowest BCUT2D eigenvalue weighted by Crippen LogP contribution is -2.01. The molecule has 102 valence electrons. The Balaban J connectivity index is 2.54. The molecule has 1 aromatic rings. The molecule has 0 fully saturated rings. The van der Waals surface area contributed by atoms with Gasteiger partial charge in [-0.25, -0.2) is 0 Å². The number of rotatable bonds is 8. The van der Waals surface area contributed by atoms with Gasteiger partial charge in [-0.2, -0.15) is 0 Å². The van der Waals surface area contributed by atoms with Crippen LogP contribution >= 0.6 is 0 Å². The van der Waals surface area contributed by atoms with Crippen LogP contribution < -0.4 is 9.47 Å². The molecule has 18 heavy (non-hydrogen) atoms. The van der Waals surface area contributed by atoms with Gasteiger partial charge in [-0.1, -0.05) is 6.07 Å². The maximum atomic E-state index is 9.49. The molecule has 0 heterocycles. The van der Waals surface area contributed by atoms with Crippen LogP contribution in [0.1, 0.15) is 37.9 Å². The van der Waals surface area contributed by atoms with Gasteiger partial charge in [0.25, 0.3) is 0 Å². The van der Waals surface area contributed by atoms with E-state index < -0.39 is 6.10 Å². The topological polar surface area (TPSA) is 58.9 Å². The number of aliphatic hydroxyl groups excluding tert-OH is 2. The third-order valence-electron chi connectivity index (χ3n) is 2.73. The number of aliphatic hydroxyl groups is 2. The highest BCUT2D eigenvalue weighted by atomic mass is 16.5. The van der Waals surface area contributed by atoms with Crippen molar-refractivity contribution in [1.29, 1.82) is 0 Å². The summed E-state index contributed by atoms with van der Waals surface area (Å²) >= 11 is 0. The van der Waals surface area contributed by atoms with Crippen LogP contribution in [-0.2, 0) is 0 Å². The highest BCUT2D eigenvalue weighted by Gasteiger charge is 2.08. The SMILES string of the molecule is COc1cc([C@H](C)O)ccc1OCCCCCO. The van der Waals surface area contributed by atoms with Gasteiger partial charge in [0, 0.05) is 6.61 Å². The molecule has 0 saturated carbocycles. The van der Waals surface area contributed by atoms with Crippen molar-refractivity contribution in [2.24, 2.45) is 0 Å². The zero-order valence-electron chi connectivity index (χ0n) is 11.1. The van der Waals surface area contributed by atoms with Gasteiger partial charge in [-0.15, -0.1) is 0 Å². The minimum atomic E-state index is -0.516. The van der Waals surface area contributed by atoms with E-state index in [2.05, 4.69) is 0 Å². The fourth-order valence-electron chi connectivity index (χ4n) is 1.64. The third-order valence-corrected chi connectivity index (χ3v) is 2.73. The lowest BCUT2D eigenvalue weighted by molar-refractivity contribution is 0.198. The summed E-state index contributed by atoms with van der Waals surface area (Å²) in [4.78, 5) is 0. The van der Waals surface area contributed by atoms with E-state index in [1.54, 1.807) is 20.1 Å². The summed E-state index contributed by atoms with van der Waals surface area (Å²) in [5.74, 6) is 1.32. The first kappa shape index (κ1) is 14.8. The average molecular weight is 254 g/mol. The second kappa shape index (κ2) is 7.95. The molecule has 0 saturated heterocycles. The van der Waals surface area contributed by atoms with Crippen molar-refractivity contribution in [3.63, 3.8) is 0 Å². The quantitative estimate of drug-likeness (QED) is 0.699. The summed E-state index contributed by atoms with van der Waals surface area (Å²) in [5.41, 5.74) is 0.805. The molecule has 0 aliphatic carbocycles. The molecule has 0 bridgehead atoms. The summed E-state index contributed by atoms with van der Waals surface area (Å²) in [6.45, 7) is 2.54. The van der Waals surface area contributed by atoms with Crippen molar-refractivity contribution in [2.75, 3.05) is 20.3 Å². The van der Waals surface area contributed by atoms with Crippen LogP contribution in [-0.4, -0.2) is 30.5 Å². The van der Waals surface area contributed by atoms with Gasteiger partial charge in [-0.3, -0.25) is 0 Å². The molecule has 4 heteroatoms. The van der Waals surface area contributed by atoms with Crippen LogP contribution in [0.2, 0.25) is 0 Å². The van der Waals surface area contributed by atoms with Gasteiger partial charge in [0.05, 0.1) is 19.8 Å². The van der Waals surface area contributed by atoms with Crippen molar-refractivity contribution in [3.05, 3.63) is 23.8 Å². The molecule has 2 N–H and O–H groups in total. The van der Waals surface area contributed by atoms with Crippen molar-refractivity contribution < 1.29 is 19.7 Å². The highest BCUT2D eigenvalue weighted by molar-refractivity contribution is 5.43. The van der Waals surface area contributed by atoms with E-state index in [1.165, 1.54) is 0 Å². The van der Waals surface area contributed by atoms with E-state index in [9.17, 15) is 5.11 Å². The molecule has 0 unspecified atom stereocenters. The van der Waals surface area contributed by atoms with E-state index in [-0.39, 0.29) is 6.61 Å². The average Bonchev–Trinajstić information content (AvgIpc) is 2.38. The molecule has 1 aromatic carbocycles. The summed E-state index contributed by atoms with van der Waals surface area (Å²) < 4.78 is 10.9. The van der Waals surface area contributed by atoms with Crippen LogP contribution in [0.5, 0.6) is 11.5 Å². The Morgan fingerprint density at radius 3 is 2.56 bits per heavy atom. The minimum absolute atomic E-state index is 0.229. The lowest BCUT2D eigenvalue weighted by Gasteiger charge is -2.13. The predicted octanol–water partition coefficient (Wildman–Crippen LogP) is 2.29. The first-order valence-electron chi connectivity index (χ1n) is 6.28. The largest absolute Gasteiger partial charge is 0.493 e. The molecule has 4 nitrogen and oxygen atoms in total. The Hall–Kier alpha value is -1.26. The van der Waals surface area contributed by atoms with Crippen LogP contribution in [0.4, 0.5) is 0 Å². The number of benzene rings is 1. The van der Waals surface area contributed by atoms with E-state index in [1.807, 2.05) is 12.1 Å². The number of methoxy groups -OCH3 is 1. The van der Waals surface area contributed by atoms with Crippen LogP contribution in [0, 0.1) is 0 Å². The van der Waals surface area contributed by atoms with E-state index in [0.29, 0.717) is 18.1 Å². The normalized spacial score (nSPS) is 12.2. The summed E-state index contributed by atoms with van der Waals surface area (Å²) in [7, 11) is 1.58. The second-order valence-corrected chi connectivity index (χ2v) is 4.22. The second-order valence-electron chi connectivity index (χ2n) is 4.22. The van der Waals surface area contributed by atoms with Gasteiger partial charge in [0.1, 0.15) is 0 Å². The van der Waals surface area contributed by atoms with Crippen LogP contribution in [0.3, 0.4) is 0 Å². The lowest BCUT2D eigenvalue weighted by atomic mass is 10.1. The summed E-state index contributed by atoms with van der Waals surface area (Å²) in [5, 5.41) is 18.2. The Morgan fingerprint density at radius 2 is 1.94 bits per heavy atom. The van der Waals surface area contributed by atoms with Gasteiger partial charge in [0.2, 0.25) is 0 Å². The van der Waals surface area contributed by atoms with E-state index in [0.717, 1.165) is 24.8 Å². The number of unbranched alkanes of at least 4 members (excludes halogenated alkanes) is 2. The molecular formula is C14H22O4. The zero-order valence-corrected chi connectivity index (χ0v) is 11.1.